The van der Waals surface area contributed by atoms with Gasteiger partial charge in [-0.25, -0.2) is 0 Å². The molecule has 3 heteroatoms. The zero-order chi connectivity index (χ0) is 29.9. The summed E-state index contributed by atoms with van der Waals surface area (Å²) in [5, 5.41) is 19.3. The van der Waals surface area contributed by atoms with Crippen LogP contribution in [0.25, 0.3) is 82.2 Å². The first-order valence-corrected chi connectivity index (χ1v) is 15.1. The molecule has 9 rings (SSSR count). The average molecular weight is 572 g/mol. The maximum absolute atomic E-state index is 9.66. The summed E-state index contributed by atoms with van der Waals surface area (Å²) < 4.78 is 2.26. The van der Waals surface area contributed by atoms with E-state index < -0.39 is 0 Å². The number of rotatable bonds is 3. The Kier molecular flexibility index (Phi) is 5.57. The summed E-state index contributed by atoms with van der Waals surface area (Å²) in [6.45, 7) is 0. The van der Waals surface area contributed by atoms with Gasteiger partial charge in [0.05, 0.1) is 28.4 Å². The lowest BCUT2D eigenvalue weighted by Gasteiger charge is -2.13. The van der Waals surface area contributed by atoms with Crippen molar-refractivity contribution >= 4 is 54.1 Å². The summed E-state index contributed by atoms with van der Waals surface area (Å²) in [6, 6.07) is 53.5. The van der Waals surface area contributed by atoms with Gasteiger partial charge in [0.25, 0.3) is 0 Å². The van der Waals surface area contributed by atoms with Gasteiger partial charge in [-0.15, -0.1) is 0 Å². The first-order chi connectivity index (χ1) is 22.3. The van der Waals surface area contributed by atoms with Gasteiger partial charge in [-0.3, -0.25) is 4.98 Å². The molecule has 0 amide bonds. The van der Waals surface area contributed by atoms with Crippen molar-refractivity contribution in [3.05, 3.63) is 157 Å². The third-order valence-electron chi connectivity index (χ3n) is 9.05. The van der Waals surface area contributed by atoms with E-state index in [-0.39, 0.29) is 0 Å². The molecule has 2 aromatic heterocycles. The molecule has 0 unspecified atom stereocenters. The molecule has 3 nitrogen and oxygen atoms in total. The molecular formula is C42H25N3. The standard InChI is InChI=1S/C42H25N3/c43-25-27-14-20-41-38(22-27)39-23-29(17-21-42(39)45(41)31-9-2-1-3-10-31)40-19-16-30(26-44-40)36-24-37-32-11-5-4-8-28(32)15-18-35(37)33-12-6-7-13-34(33)36/h1-24,26H. The van der Waals surface area contributed by atoms with E-state index in [1.807, 2.05) is 30.5 Å². The molecule has 0 bridgehead atoms. The number of hydrogen-bond acceptors (Lipinski definition) is 2. The fourth-order valence-electron chi connectivity index (χ4n) is 6.93. The minimum absolute atomic E-state index is 0.651. The van der Waals surface area contributed by atoms with Gasteiger partial charge in [0.1, 0.15) is 0 Å². The molecule has 45 heavy (non-hydrogen) atoms. The number of aromatic nitrogens is 2. The highest BCUT2D eigenvalue weighted by molar-refractivity contribution is 6.21. The highest BCUT2D eigenvalue weighted by Gasteiger charge is 2.15. The first kappa shape index (κ1) is 25.3. The van der Waals surface area contributed by atoms with Gasteiger partial charge in [-0.1, -0.05) is 91.0 Å². The van der Waals surface area contributed by atoms with Gasteiger partial charge >= 0.3 is 0 Å². The van der Waals surface area contributed by atoms with E-state index in [0.717, 1.165) is 44.3 Å². The minimum atomic E-state index is 0.651. The van der Waals surface area contributed by atoms with Crippen LogP contribution < -0.4 is 0 Å². The predicted molar refractivity (Wildman–Crippen MR) is 187 cm³/mol. The number of hydrogen-bond donors (Lipinski definition) is 0. The van der Waals surface area contributed by atoms with Crippen LogP contribution in [-0.4, -0.2) is 9.55 Å². The molecule has 0 spiro atoms. The van der Waals surface area contributed by atoms with Crippen LogP contribution in [0.15, 0.2) is 152 Å². The molecule has 208 valence electrons. The Balaban J connectivity index is 1.20. The summed E-state index contributed by atoms with van der Waals surface area (Å²) in [4.78, 5) is 5.00. The minimum Gasteiger partial charge on any atom is -0.309 e. The number of benzene rings is 7. The fourth-order valence-corrected chi connectivity index (χ4v) is 6.93. The maximum Gasteiger partial charge on any atom is 0.0991 e. The van der Waals surface area contributed by atoms with Crippen LogP contribution in [0.5, 0.6) is 0 Å². The SMILES string of the molecule is N#Cc1ccc2c(c1)c1cc(-c3ccc(-c4cc5c6ccccc6ccc5c5ccccc45)cn3)ccc1n2-c1ccccc1. The van der Waals surface area contributed by atoms with Gasteiger partial charge in [-0.05, 0) is 92.5 Å². The second-order valence-electron chi connectivity index (χ2n) is 11.5. The summed E-state index contributed by atoms with van der Waals surface area (Å²) in [7, 11) is 0. The van der Waals surface area contributed by atoms with Crippen molar-refractivity contribution in [3.8, 4) is 34.1 Å². The van der Waals surface area contributed by atoms with E-state index in [9.17, 15) is 5.26 Å². The van der Waals surface area contributed by atoms with Crippen LogP contribution in [0.2, 0.25) is 0 Å². The van der Waals surface area contributed by atoms with Crippen LogP contribution in [0, 0.1) is 11.3 Å². The number of nitriles is 1. The zero-order valence-corrected chi connectivity index (χ0v) is 24.3. The lowest BCUT2D eigenvalue weighted by Crippen LogP contribution is -1.93. The van der Waals surface area contributed by atoms with Crippen LogP contribution in [0.1, 0.15) is 5.56 Å². The normalized spacial score (nSPS) is 11.5. The summed E-state index contributed by atoms with van der Waals surface area (Å²) >= 11 is 0. The van der Waals surface area contributed by atoms with Crippen molar-refractivity contribution in [2.24, 2.45) is 0 Å². The Labute approximate surface area is 259 Å². The van der Waals surface area contributed by atoms with Crippen molar-refractivity contribution in [2.75, 3.05) is 0 Å². The van der Waals surface area contributed by atoms with Gasteiger partial charge < -0.3 is 4.57 Å². The monoisotopic (exact) mass is 571 g/mol. The molecule has 0 N–H and O–H groups in total. The molecule has 0 aliphatic heterocycles. The van der Waals surface area contributed by atoms with E-state index >= 15 is 0 Å². The largest absolute Gasteiger partial charge is 0.309 e. The predicted octanol–water partition coefficient (Wildman–Crippen LogP) is 10.8. The molecule has 0 aliphatic rings. The van der Waals surface area contributed by atoms with Crippen LogP contribution in [0.4, 0.5) is 0 Å². The Morgan fingerprint density at radius 1 is 0.489 bits per heavy atom. The molecule has 0 radical (unpaired) electrons. The smallest absolute Gasteiger partial charge is 0.0991 e. The Hall–Kier alpha value is -6.24. The molecule has 7 aromatic carbocycles. The summed E-state index contributed by atoms with van der Waals surface area (Å²) in [5.74, 6) is 0. The lowest BCUT2D eigenvalue weighted by atomic mass is 9.91. The Bertz CT molecular complexity index is 2640. The first-order valence-electron chi connectivity index (χ1n) is 15.1. The second kappa shape index (κ2) is 9.91. The van der Waals surface area contributed by atoms with Crippen molar-refractivity contribution in [1.29, 1.82) is 5.26 Å². The van der Waals surface area contributed by atoms with Gasteiger partial charge in [0, 0.05) is 33.8 Å². The van der Waals surface area contributed by atoms with Crippen molar-refractivity contribution in [2.45, 2.75) is 0 Å². The average Bonchev–Trinajstić information content (AvgIpc) is 3.44. The highest BCUT2D eigenvalue weighted by Crippen LogP contribution is 2.39. The van der Waals surface area contributed by atoms with E-state index in [2.05, 4.69) is 132 Å². The number of para-hydroxylation sites is 1. The topological polar surface area (TPSA) is 41.6 Å². The molecule has 0 fully saturated rings. The number of pyridine rings is 1. The molecule has 0 aliphatic carbocycles. The van der Waals surface area contributed by atoms with Gasteiger partial charge in [0.15, 0.2) is 0 Å². The molecule has 2 heterocycles. The number of fused-ring (bicyclic) bond motifs is 8. The lowest BCUT2D eigenvalue weighted by molar-refractivity contribution is 1.18. The van der Waals surface area contributed by atoms with Gasteiger partial charge in [-0.2, -0.15) is 5.26 Å². The van der Waals surface area contributed by atoms with E-state index in [1.165, 1.54) is 37.9 Å². The van der Waals surface area contributed by atoms with E-state index in [1.54, 1.807) is 0 Å². The fraction of sp³-hybridized carbons (Fsp3) is 0. The molecule has 0 saturated carbocycles. The van der Waals surface area contributed by atoms with Crippen LogP contribution in [0.3, 0.4) is 0 Å². The quantitative estimate of drug-likeness (QED) is 0.198. The van der Waals surface area contributed by atoms with E-state index in [0.29, 0.717) is 5.56 Å². The van der Waals surface area contributed by atoms with Gasteiger partial charge in [0.2, 0.25) is 0 Å². The number of nitrogens with zero attached hydrogens (tertiary/aromatic N) is 3. The Morgan fingerprint density at radius 2 is 1.18 bits per heavy atom. The molecule has 9 aromatic rings. The van der Waals surface area contributed by atoms with Crippen molar-refractivity contribution < 1.29 is 0 Å². The molecular weight excluding hydrogens is 546 g/mol. The molecule has 0 atom stereocenters. The van der Waals surface area contributed by atoms with E-state index in [4.69, 9.17) is 4.98 Å². The third kappa shape index (κ3) is 3.94. The van der Waals surface area contributed by atoms with Crippen LogP contribution >= 0.6 is 0 Å². The highest BCUT2D eigenvalue weighted by atomic mass is 15.0. The molecule has 0 saturated heterocycles. The van der Waals surface area contributed by atoms with Crippen molar-refractivity contribution in [3.63, 3.8) is 0 Å². The zero-order valence-electron chi connectivity index (χ0n) is 24.3. The second-order valence-corrected chi connectivity index (χ2v) is 11.5. The summed E-state index contributed by atoms with van der Waals surface area (Å²) in [6.07, 6.45) is 2.00. The van der Waals surface area contributed by atoms with Crippen LogP contribution in [-0.2, 0) is 0 Å². The third-order valence-corrected chi connectivity index (χ3v) is 9.05. The maximum atomic E-state index is 9.66. The summed E-state index contributed by atoms with van der Waals surface area (Å²) in [5.41, 5.74) is 8.13. The van der Waals surface area contributed by atoms with Crippen molar-refractivity contribution in [1.82, 2.24) is 9.55 Å². The Morgan fingerprint density at radius 3 is 1.98 bits per heavy atom.